The number of nitrogens with zero attached hydrogens (tertiary/aromatic N) is 1. The second-order valence-electron chi connectivity index (χ2n) is 5.21. The van der Waals surface area contributed by atoms with E-state index in [9.17, 15) is 9.18 Å². The Kier molecular flexibility index (Phi) is 4.84. The minimum atomic E-state index is -0.615. The first-order valence-electron chi connectivity index (χ1n) is 5.95. The lowest BCUT2D eigenvalue weighted by Gasteiger charge is -2.31. The number of hydrogen-bond acceptors (Lipinski definition) is 3. The first kappa shape index (κ1) is 14.6. The fourth-order valence-corrected chi connectivity index (χ4v) is 1.32. The Hall–Kier alpha value is -1.42. The molecular formula is C14H20FNO2. The Labute approximate surface area is 108 Å². The zero-order valence-electron chi connectivity index (χ0n) is 11.4. The van der Waals surface area contributed by atoms with Crippen LogP contribution in [0.1, 0.15) is 31.1 Å². The number of esters is 1. The van der Waals surface area contributed by atoms with Crippen LogP contribution < -0.4 is 0 Å². The molecule has 0 aliphatic heterocycles. The quantitative estimate of drug-likeness (QED) is 0.773. The normalized spacial score (nSPS) is 11.7. The van der Waals surface area contributed by atoms with Crippen molar-refractivity contribution in [3.05, 3.63) is 35.6 Å². The second-order valence-corrected chi connectivity index (χ2v) is 5.21. The summed E-state index contributed by atoms with van der Waals surface area (Å²) in [6.45, 7) is 7.09. The summed E-state index contributed by atoms with van der Waals surface area (Å²) in [5, 5.41) is 0. The van der Waals surface area contributed by atoms with Gasteiger partial charge in [0.05, 0.1) is 5.56 Å². The van der Waals surface area contributed by atoms with Gasteiger partial charge in [-0.15, -0.1) is 0 Å². The Balaban J connectivity index is 2.46. The second kappa shape index (κ2) is 5.96. The van der Waals surface area contributed by atoms with Gasteiger partial charge in [0.1, 0.15) is 12.4 Å². The van der Waals surface area contributed by atoms with Crippen LogP contribution in [0.25, 0.3) is 0 Å². The van der Waals surface area contributed by atoms with Crippen molar-refractivity contribution in [2.45, 2.75) is 26.3 Å². The molecule has 0 amide bonds. The fraction of sp³-hybridized carbons (Fsp3) is 0.500. The number of halogens is 1. The summed E-state index contributed by atoms with van der Waals surface area (Å²) in [7, 11) is 1.96. The minimum Gasteiger partial charge on any atom is -0.461 e. The van der Waals surface area contributed by atoms with Gasteiger partial charge in [0.15, 0.2) is 0 Å². The van der Waals surface area contributed by atoms with Crippen LogP contribution in [0.3, 0.4) is 0 Å². The van der Waals surface area contributed by atoms with Crippen molar-refractivity contribution in [2.75, 3.05) is 20.2 Å². The van der Waals surface area contributed by atoms with Crippen molar-refractivity contribution >= 4 is 5.97 Å². The number of carbonyl (C=O) groups is 1. The monoisotopic (exact) mass is 253 g/mol. The van der Waals surface area contributed by atoms with E-state index in [1.807, 2.05) is 7.05 Å². The summed E-state index contributed by atoms with van der Waals surface area (Å²) in [5.74, 6) is -1.16. The summed E-state index contributed by atoms with van der Waals surface area (Å²) < 4.78 is 18.4. The summed E-state index contributed by atoms with van der Waals surface area (Å²) >= 11 is 0. The lowest BCUT2D eigenvalue weighted by atomic mass is 10.1. The van der Waals surface area contributed by atoms with E-state index in [4.69, 9.17) is 4.74 Å². The molecule has 0 aliphatic rings. The summed E-state index contributed by atoms with van der Waals surface area (Å²) in [5.41, 5.74) is 0.000584. The lowest BCUT2D eigenvalue weighted by molar-refractivity contribution is 0.0418. The predicted octanol–water partition coefficient (Wildman–Crippen LogP) is 2.71. The molecule has 18 heavy (non-hydrogen) atoms. The van der Waals surface area contributed by atoms with Crippen LogP contribution in [0.15, 0.2) is 24.3 Å². The smallest absolute Gasteiger partial charge is 0.341 e. The predicted molar refractivity (Wildman–Crippen MR) is 69.1 cm³/mol. The van der Waals surface area contributed by atoms with Crippen LogP contribution in [0, 0.1) is 5.82 Å². The van der Waals surface area contributed by atoms with Gasteiger partial charge in [-0.2, -0.15) is 0 Å². The molecule has 0 fully saturated rings. The minimum absolute atomic E-state index is 0.0177. The average molecular weight is 253 g/mol. The number of benzene rings is 1. The van der Waals surface area contributed by atoms with E-state index in [-0.39, 0.29) is 17.7 Å². The van der Waals surface area contributed by atoms with E-state index in [0.29, 0.717) is 6.54 Å². The highest BCUT2D eigenvalue weighted by Crippen LogP contribution is 2.10. The van der Waals surface area contributed by atoms with Gasteiger partial charge in [-0.1, -0.05) is 12.1 Å². The number of likely N-dealkylation sites (N-methyl/N-ethyl adjacent to an activating group) is 1. The molecule has 0 spiro atoms. The molecule has 0 aliphatic carbocycles. The molecule has 0 unspecified atom stereocenters. The lowest BCUT2D eigenvalue weighted by Crippen LogP contribution is -2.40. The van der Waals surface area contributed by atoms with E-state index in [2.05, 4.69) is 25.7 Å². The maximum Gasteiger partial charge on any atom is 0.341 e. The van der Waals surface area contributed by atoms with Crippen molar-refractivity contribution in [1.29, 1.82) is 0 Å². The van der Waals surface area contributed by atoms with Gasteiger partial charge in [0.2, 0.25) is 0 Å². The van der Waals surface area contributed by atoms with Gasteiger partial charge >= 0.3 is 5.97 Å². The van der Waals surface area contributed by atoms with Crippen molar-refractivity contribution < 1.29 is 13.9 Å². The third-order valence-electron chi connectivity index (χ3n) is 2.90. The molecule has 0 saturated heterocycles. The number of carbonyl (C=O) groups excluding carboxylic acids is 1. The molecule has 0 heterocycles. The Morgan fingerprint density at radius 3 is 2.50 bits per heavy atom. The zero-order valence-corrected chi connectivity index (χ0v) is 11.4. The molecule has 0 N–H and O–H groups in total. The van der Waals surface area contributed by atoms with Gasteiger partial charge in [0, 0.05) is 12.1 Å². The molecule has 100 valence electrons. The van der Waals surface area contributed by atoms with E-state index < -0.39 is 11.8 Å². The van der Waals surface area contributed by atoms with Crippen LogP contribution in [-0.2, 0) is 4.74 Å². The number of rotatable bonds is 4. The third kappa shape index (κ3) is 4.11. The topological polar surface area (TPSA) is 29.5 Å². The molecule has 3 nitrogen and oxygen atoms in total. The highest BCUT2D eigenvalue weighted by atomic mass is 19.1. The SMILES string of the molecule is CN(CCOC(=O)c1ccccc1F)C(C)(C)C. The molecule has 1 aromatic carbocycles. The van der Waals surface area contributed by atoms with Gasteiger partial charge in [-0.3, -0.25) is 4.90 Å². The average Bonchev–Trinajstić information content (AvgIpc) is 2.28. The van der Waals surface area contributed by atoms with E-state index in [1.54, 1.807) is 12.1 Å². The third-order valence-corrected chi connectivity index (χ3v) is 2.90. The van der Waals surface area contributed by atoms with Crippen LogP contribution in [0.4, 0.5) is 4.39 Å². The van der Waals surface area contributed by atoms with Crippen molar-refractivity contribution in [3.63, 3.8) is 0 Å². The highest BCUT2D eigenvalue weighted by Gasteiger charge is 2.17. The first-order chi connectivity index (χ1) is 8.32. The molecule has 0 atom stereocenters. The van der Waals surface area contributed by atoms with E-state index in [0.717, 1.165) is 0 Å². The fourth-order valence-electron chi connectivity index (χ4n) is 1.32. The Morgan fingerprint density at radius 2 is 1.94 bits per heavy atom. The maximum absolute atomic E-state index is 13.3. The number of ether oxygens (including phenoxy) is 1. The highest BCUT2D eigenvalue weighted by molar-refractivity contribution is 5.89. The summed E-state index contributed by atoms with van der Waals surface area (Å²) in [6, 6.07) is 5.82. The molecule has 0 aromatic heterocycles. The van der Waals surface area contributed by atoms with Crippen LogP contribution in [-0.4, -0.2) is 36.6 Å². The van der Waals surface area contributed by atoms with Gasteiger partial charge in [-0.25, -0.2) is 9.18 Å². The molecule has 0 bridgehead atoms. The maximum atomic E-state index is 13.3. The van der Waals surface area contributed by atoms with Crippen LogP contribution in [0.5, 0.6) is 0 Å². The Bertz CT molecular complexity index is 413. The molecular weight excluding hydrogens is 233 g/mol. The van der Waals surface area contributed by atoms with Gasteiger partial charge in [0.25, 0.3) is 0 Å². The molecule has 4 heteroatoms. The van der Waals surface area contributed by atoms with Crippen molar-refractivity contribution in [1.82, 2.24) is 4.90 Å². The Morgan fingerprint density at radius 1 is 1.33 bits per heavy atom. The number of hydrogen-bond donors (Lipinski definition) is 0. The van der Waals surface area contributed by atoms with E-state index >= 15 is 0 Å². The van der Waals surface area contributed by atoms with Crippen LogP contribution >= 0.6 is 0 Å². The zero-order chi connectivity index (χ0) is 13.8. The summed E-state index contributed by atoms with van der Waals surface area (Å²) in [4.78, 5) is 13.7. The van der Waals surface area contributed by atoms with Gasteiger partial charge < -0.3 is 4.74 Å². The molecule has 0 saturated carbocycles. The molecule has 1 rings (SSSR count). The van der Waals surface area contributed by atoms with Crippen molar-refractivity contribution in [3.8, 4) is 0 Å². The van der Waals surface area contributed by atoms with E-state index in [1.165, 1.54) is 12.1 Å². The standard InChI is InChI=1S/C14H20FNO2/c1-14(2,3)16(4)9-10-18-13(17)11-7-5-6-8-12(11)15/h5-8H,9-10H2,1-4H3. The summed E-state index contributed by atoms with van der Waals surface area (Å²) in [6.07, 6.45) is 0. The van der Waals surface area contributed by atoms with Crippen LogP contribution in [0.2, 0.25) is 0 Å². The molecule has 0 radical (unpaired) electrons. The first-order valence-corrected chi connectivity index (χ1v) is 5.95. The largest absolute Gasteiger partial charge is 0.461 e. The molecule has 1 aromatic rings. The van der Waals surface area contributed by atoms with Gasteiger partial charge in [-0.05, 0) is 40.0 Å². The van der Waals surface area contributed by atoms with Crippen molar-refractivity contribution in [2.24, 2.45) is 0 Å².